The number of nitrogens with zero attached hydrogens (tertiary/aromatic N) is 2. The molecule has 20 heavy (non-hydrogen) atoms. The van der Waals surface area contributed by atoms with Gasteiger partial charge >= 0.3 is 0 Å². The van der Waals surface area contributed by atoms with Crippen molar-refractivity contribution in [1.29, 1.82) is 0 Å². The third-order valence-corrected chi connectivity index (χ3v) is 3.18. The summed E-state index contributed by atoms with van der Waals surface area (Å²) < 4.78 is 0. The van der Waals surface area contributed by atoms with Gasteiger partial charge in [0.15, 0.2) is 0 Å². The van der Waals surface area contributed by atoms with Crippen LogP contribution in [0, 0.1) is 0 Å². The van der Waals surface area contributed by atoms with Crippen LogP contribution in [0.5, 0.6) is 5.75 Å². The van der Waals surface area contributed by atoms with Crippen molar-refractivity contribution in [3.63, 3.8) is 0 Å². The largest absolute Gasteiger partial charge is 0.508 e. The van der Waals surface area contributed by atoms with E-state index in [0.29, 0.717) is 13.0 Å². The number of benzene rings is 1. The first-order chi connectivity index (χ1) is 9.40. The zero-order valence-electron chi connectivity index (χ0n) is 12.5. The average Bonchev–Trinajstić information content (AvgIpc) is 2.39. The molecule has 0 aliphatic rings. The molecule has 3 N–H and O–H groups in total. The van der Waals surface area contributed by atoms with Gasteiger partial charge in [0, 0.05) is 13.6 Å². The summed E-state index contributed by atoms with van der Waals surface area (Å²) in [5, 5.41) is 9.22. The molecule has 0 heterocycles. The fourth-order valence-electron chi connectivity index (χ4n) is 1.99. The van der Waals surface area contributed by atoms with Crippen molar-refractivity contribution < 1.29 is 9.90 Å². The molecule has 0 spiro atoms. The Morgan fingerprint density at radius 2 is 1.80 bits per heavy atom. The van der Waals surface area contributed by atoms with E-state index in [1.165, 1.54) is 0 Å². The molecule has 0 bridgehead atoms. The van der Waals surface area contributed by atoms with E-state index < -0.39 is 6.04 Å². The Kier molecular flexibility index (Phi) is 6.48. The van der Waals surface area contributed by atoms with Gasteiger partial charge in [-0.2, -0.15) is 0 Å². The summed E-state index contributed by atoms with van der Waals surface area (Å²) in [5.41, 5.74) is 6.91. The number of carbonyl (C=O) groups excluding carboxylic acids is 1. The number of phenols is 1. The highest BCUT2D eigenvalue weighted by atomic mass is 16.3. The standard InChI is InChI=1S/C15H25N3O2/c1-17(2)9-4-10-18(3)15(20)14(16)11-12-5-7-13(19)8-6-12/h5-8,14,19H,4,9-11,16H2,1-3H3/t14-/m1/s1. The first kappa shape index (κ1) is 16.5. The Morgan fingerprint density at radius 1 is 1.20 bits per heavy atom. The molecular weight excluding hydrogens is 254 g/mol. The Bertz CT molecular complexity index is 418. The fourth-order valence-corrected chi connectivity index (χ4v) is 1.99. The van der Waals surface area contributed by atoms with Crippen molar-refractivity contribution in [1.82, 2.24) is 9.80 Å². The van der Waals surface area contributed by atoms with Crippen LogP contribution in [-0.2, 0) is 11.2 Å². The third kappa shape index (κ3) is 5.59. The van der Waals surface area contributed by atoms with Crippen molar-refractivity contribution >= 4 is 5.91 Å². The summed E-state index contributed by atoms with van der Waals surface area (Å²) in [6, 6.07) is 6.24. The van der Waals surface area contributed by atoms with Crippen molar-refractivity contribution in [2.24, 2.45) is 5.73 Å². The van der Waals surface area contributed by atoms with Crippen LogP contribution in [0.3, 0.4) is 0 Å². The number of rotatable bonds is 7. The van der Waals surface area contributed by atoms with E-state index in [9.17, 15) is 9.90 Å². The lowest BCUT2D eigenvalue weighted by molar-refractivity contribution is -0.131. The monoisotopic (exact) mass is 279 g/mol. The molecule has 5 heteroatoms. The zero-order chi connectivity index (χ0) is 15.1. The maximum absolute atomic E-state index is 12.1. The first-order valence-corrected chi connectivity index (χ1v) is 6.83. The van der Waals surface area contributed by atoms with E-state index in [-0.39, 0.29) is 11.7 Å². The van der Waals surface area contributed by atoms with Crippen molar-refractivity contribution in [3.8, 4) is 5.75 Å². The van der Waals surface area contributed by atoms with Gasteiger partial charge in [0.25, 0.3) is 0 Å². The molecule has 1 aromatic rings. The molecule has 0 aliphatic carbocycles. The molecule has 1 amide bonds. The smallest absolute Gasteiger partial charge is 0.239 e. The van der Waals surface area contributed by atoms with Gasteiger partial charge in [0.05, 0.1) is 6.04 Å². The number of hydrogen-bond donors (Lipinski definition) is 2. The van der Waals surface area contributed by atoms with Gasteiger partial charge in [-0.05, 0) is 51.2 Å². The van der Waals surface area contributed by atoms with E-state index in [0.717, 1.165) is 18.5 Å². The summed E-state index contributed by atoms with van der Waals surface area (Å²) in [5.74, 6) is 0.172. The Labute approximate surface area is 121 Å². The van der Waals surface area contributed by atoms with E-state index in [1.807, 2.05) is 14.1 Å². The number of nitrogens with two attached hydrogens (primary N) is 1. The van der Waals surface area contributed by atoms with Gasteiger partial charge in [-0.3, -0.25) is 4.79 Å². The van der Waals surface area contributed by atoms with Crippen LogP contribution in [0.1, 0.15) is 12.0 Å². The van der Waals surface area contributed by atoms with Crippen molar-refractivity contribution in [3.05, 3.63) is 29.8 Å². The van der Waals surface area contributed by atoms with Crippen LogP contribution in [0.25, 0.3) is 0 Å². The number of phenolic OH excluding ortho intramolecular Hbond substituents is 1. The predicted molar refractivity (Wildman–Crippen MR) is 80.6 cm³/mol. The molecule has 0 aliphatic heterocycles. The summed E-state index contributed by atoms with van der Waals surface area (Å²) in [7, 11) is 5.81. The van der Waals surface area contributed by atoms with Crippen LogP contribution < -0.4 is 5.73 Å². The minimum atomic E-state index is -0.538. The zero-order valence-corrected chi connectivity index (χ0v) is 12.5. The quantitative estimate of drug-likeness (QED) is 0.770. The van der Waals surface area contributed by atoms with Crippen molar-refractivity contribution in [2.45, 2.75) is 18.9 Å². The van der Waals surface area contributed by atoms with Gasteiger partial charge in [0.1, 0.15) is 5.75 Å². The molecule has 0 radical (unpaired) electrons. The second-order valence-electron chi connectivity index (χ2n) is 5.39. The maximum atomic E-state index is 12.1. The molecule has 112 valence electrons. The molecule has 0 unspecified atom stereocenters. The van der Waals surface area contributed by atoms with E-state index in [1.54, 1.807) is 36.2 Å². The lowest BCUT2D eigenvalue weighted by Gasteiger charge is -2.22. The normalized spacial score (nSPS) is 12.4. The number of likely N-dealkylation sites (N-methyl/N-ethyl adjacent to an activating group) is 1. The summed E-state index contributed by atoms with van der Waals surface area (Å²) in [4.78, 5) is 15.9. The van der Waals surface area contributed by atoms with Crippen LogP contribution in [0.4, 0.5) is 0 Å². The lowest BCUT2D eigenvalue weighted by atomic mass is 10.1. The van der Waals surface area contributed by atoms with Crippen LogP contribution in [0.2, 0.25) is 0 Å². The number of amides is 1. The summed E-state index contributed by atoms with van der Waals surface area (Å²) in [6.07, 6.45) is 1.41. The highest BCUT2D eigenvalue weighted by molar-refractivity contribution is 5.81. The fraction of sp³-hybridized carbons (Fsp3) is 0.533. The maximum Gasteiger partial charge on any atom is 0.239 e. The van der Waals surface area contributed by atoms with Gasteiger partial charge in [-0.15, -0.1) is 0 Å². The van der Waals surface area contributed by atoms with Crippen LogP contribution >= 0.6 is 0 Å². The second kappa shape index (κ2) is 7.87. The van der Waals surface area contributed by atoms with Crippen LogP contribution in [-0.4, -0.2) is 61.1 Å². The van der Waals surface area contributed by atoms with E-state index in [4.69, 9.17) is 5.73 Å². The van der Waals surface area contributed by atoms with Gasteiger partial charge in [-0.25, -0.2) is 0 Å². The van der Waals surface area contributed by atoms with E-state index in [2.05, 4.69) is 4.90 Å². The SMILES string of the molecule is CN(C)CCCN(C)C(=O)[C@H](N)Cc1ccc(O)cc1. The minimum absolute atomic E-state index is 0.0446. The Hall–Kier alpha value is -1.59. The summed E-state index contributed by atoms with van der Waals surface area (Å²) in [6.45, 7) is 1.66. The van der Waals surface area contributed by atoms with Crippen molar-refractivity contribution in [2.75, 3.05) is 34.2 Å². The summed E-state index contributed by atoms with van der Waals surface area (Å²) >= 11 is 0. The Morgan fingerprint density at radius 3 is 2.35 bits per heavy atom. The first-order valence-electron chi connectivity index (χ1n) is 6.83. The molecule has 1 atom stereocenters. The minimum Gasteiger partial charge on any atom is -0.508 e. The van der Waals surface area contributed by atoms with Gasteiger partial charge in [-0.1, -0.05) is 12.1 Å². The molecular formula is C15H25N3O2. The highest BCUT2D eigenvalue weighted by Gasteiger charge is 2.18. The molecule has 0 aromatic heterocycles. The number of hydrogen-bond acceptors (Lipinski definition) is 4. The topological polar surface area (TPSA) is 69.8 Å². The Balaban J connectivity index is 2.43. The second-order valence-corrected chi connectivity index (χ2v) is 5.39. The molecule has 1 aromatic carbocycles. The third-order valence-electron chi connectivity index (χ3n) is 3.18. The molecule has 5 nitrogen and oxygen atoms in total. The lowest BCUT2D eigenvalue weighted by Crippen LogP contribution is -2.43. The number of carbonyl (C=O) groups is 1. The van der Waals surface area contributed by atoms with Gasteiger partial charge < -0.3 is 20.6 Å². The average molecular weight is 279 g/mol. The molecule has 0 fully saturated rings. The highest BCUT2D eigenvalue weighted by Crippen LogP contribution is 2.11. The number of aromatic hydroxyl groups is 1. The molecule has 1 rings (SSSR count). The van der Waals surface area contributed by atoms with Crippen LogP contribution in [0.15, 0.2) is 24.3 Å². The van der Waals surface area contributed by atoms with Gasteiger partial charge in [0.2, 0.25) is 5.91 Å². The molecule has 0 saturated carbocycles. The molecule has 0 saturated heterocycles. The van der Waals surface area contributed by atoms with E-state index >= 15 is 0 Å². The predicted octanol–water partition coefficient (Wildman–Crippen LogP) is 0.672.